The molecule has 7 nitrogen and oxygen atoms in total. The normalized spacial score (nSPS) is 12.6. The molecule has 1 aromatic rings. The van der Waals surface area contributed by atoms with Gasteiger partial charge >= 0.3 is 95.0 Å². The van der Waals surface area contributed by atoms with Crippen LogP contribution in [0.3, 0.4) is 0 Å². The van der Waals surface area contributed by atoms with Crippen molar-refractivity contribution in [3.63, 3.8) is 0 Å². The minimum atomic E-state index is -4.67. The van der Waals surface area contributed by atoms with E-state index in [4.69, 9.17) is 22.1 Å². The summed E-state index contributed by atoms with van der Waals surface area (Å²) in [5, 5.41) is 0. The van der Waals surface area contributed by atoms with E-state index in [1.165, 1.54) is 6.08 Å². The maximum absolute atomic E-state index is 10.5. The molecular weight excluding hydrogens is 331 g/mol. The van der Waals surface area contributed by atoms with Crippen LogP contribution >= 0.6 is 0 Å². The summed E-state index contributed by atoms with van der Waals surface area (Å²) < 4.78 is 60.9. The standard InChI is InChI=1S/C8H7O3S.Co.H2O4S/c9-12(10,11)7-6-8-4-2-1-3-5-8;;1-5(2,3)4/h1-6H,(H,9,10,11);;(H2,1,2,3,4). The van der Waals surface area contributed by atoms with Gasteiger partial charge in [0.2, 0.25) is 0 Å². The summed E-state index contributed by atoms with van der Waals surface area (Å²) in [6.45, 7) is 0. The van der Waals surface area contributed by atoms with Crippen molar-refractivity contribution in [2.45, 2.75) is 0 Å². The van der Waals surface area contributed by atoms with Crippen LogP contribution in [0.5, 0.6) is 0 Å². The molecule has 0 unspecified atom stereocenters. The average molecular weight is 340 g/mol. The predicted octanol–water partition coefficient (Wildman–Crippen LogP) is 0.767. The van der Waals surface area contributed by atoms with Crippen LogP contribution < -0.4 is 0 Å². The molecule has 0 aliphatic carbocycles. The molecule has 0 amide bonds. The van der Waals surface area contributed by atoms with Crippen LogP contribution in [0, 0.1) is 0 Å². The topological polar surface area (TPSA) is 129 Å². The summed E-state index contributed by atoms with van der Waals surface area (Å²) in [4.78, 5) is 0. The Bertz CT molecular complexity index is 596. The Morgan fingerprint density at radius 3 is 1.72 bits per heavy atom. The Morgan fingerprint density at radius 1 is 1.00 bits per heavy atom. The Hall–Kier alpha value is -0.754. The molecule has 104 valence electrons. The van der Waals surface area contributed by atoms with Crippen LogP contribution in [0.2, 0.25) is 0 Å². The molecule has 0 spiro atoms. The minimum absolute atomic E-state index is 0.369. The van der Waals surface area contributed by atoms with E-state index < -0.39 is 20.5 Å². The van der Waals surface area contributed by atoms with Gasteiger partial charge in [-0.05, 0) is 0 Å². The maximum atomic E-state index is 10.5. The monoisotopic (exact) mass is 340 g/mol. The Kier molecular flexibility index (Phi) is 6.70. The van der Waals surface area contributed by atoms with Crippen LogP contribution in [0.1, 0.15) is 5.56 Å². The fraction of sp³-hybridized carbons (Fsp3) is 0. The van der Waals surface area contributed by atoms with E-state index in [0.717, 1.165) is 0 Å². The third-order valence-electron chi connectivity index (χ3n) is 1.31. The summed E-state index contributed by atoms with van der Waals surface area (Å²) in [6, 6.07) is 8.75. The first kappa shape index (κ1) is 17.2. The zero-order valence-corrected chi connectivity index (χ0v) is 11.3. The molecule has 0 fully saturated rings. The van der Waals surface area contributed by atoms with E-state index in [9.17, 15) is 8.42 Å². The van der Waals surface area contributed by atoms with E-state index >= 15 is 0 Å². The first-order chi connectivity index (χ1) is 8.00. The molecule has 0 heterocycles. The van der Waals surface area contributed by atoms with Crippen molar-refractivity contribution >= 4 is 26.6 Å². The SMILES string of the molecule is O=S(=O)(O)O.O=S(=O)(O)[C]([Co])=Cc1ccccc1. The van der Waals surface area contributed by atoms with E-state index in [2.05, 4.69) is 15.7 Å². The van der Waals surface area contributed by atoms with Crippen molar-refractivity contribution in [1.29, 1.82) is 0 Å². The summed E-state index contributed by atoms with van der Waals surface area (Å²) in [5.41, 5.74) is 0.670. The average Bonchev–Trinajstić information content (AvgIpc) is 2.15. The molecule has 0 aliphatic heterocycles. The predicted molar refractivity (Wildman–Crippen MR) is 60.1 cm³/mol. The van der Waals surface area contributed by atoms with E-state index in [1.54, 1.807) is 24.3 Å². The van der Waals surface area contributed by atoms with Crippen LogP contribution in [0.15, 0.2) is 34.2 Å². The zero-order valence-electron chi connectivity index (χ0n) is 8.59. The Balaban J connectivity index is 0.000000494. The Morgan fingerprint density at radius 2 is 1.39 bits per heavy atom. The van der Waals surface area contributed by atoms with Gasteiger partial charge in [-0.3, -0.25) is 9.11 Å². The molecule has 0 aromatic heterocycles. The quantitative estimate of drug-likeness (QED) is 0.678. The van der Waals surface area contributed by atoms with Gasteiger partial charge in [0.15, 0.2) is 0 Å². The second kappa shape index (κ2) is 6.99. The van der Waals surface area contributed by atoms with Gasteiger partial charge in [0.1, 0.15) is 0 Å². The van der Waals surface area contributed by atoms with Crippen molar-refractivity contribution in [2.75, 3.05) is 0 Å². The molecule has 0 aliphatic rings. The molecule has 1 rings (SSSR count). The zero-order chi connectivity index (χ0) is 14.4. The van der Waals surface area contributed by atoms with E-state index in [0.29, 0.717) is 5.56 Å². The summed E-state index contributed by atoms with van der Waals surface area (Å²) >= 11 is 3.70. The Labute approximate surface area is 112 Å². The van der Waals surface area contributed by atoms with Crippen molar-refractivity contribution in [2.24, 2.45) is 0 Å². The van der Waals surface area contributed by atoms with Gasteiger partial charge in [0.05, 0.1) is 0 Å². The number of benzene rings is 1. The molecule has 0 bridgehead atoms. The summed E-state index contributed by atoms with van der Waals surface area (Å²) in [5.74, 6) is 0. The molecular formula is C8H9CoO7S2. The molecule has 0 radical (unpaired) electrons. The summed E-state index contributed by atoms with van der Waals surface area (Å²) in [6.07, 6.45) is 1.27. The van der Waals surface area contributed by atoms with Crippen LogP contribution in [-0.4, -0.2) is 30.5 Å². The molecule has 18 heavy (non-hydrogen) atoms. The molecule has 10 heteroatoms. The van der Waals surface area contributed by atoms with Crippen LogP contribution in [0.4, 0.5) is 0 Å². The first-order valence-electron chi connectivity index (χ1n) is 4.07. The van der Waals surface area contributed by atoms with Gasteiger partial charge < -0.3 is 0 Å². The van der Waals surface area contributed by atoms with Crippen molar-refractivity contribution < 1.29 is 46.2 Å². The molecule has 1 aromatic carbocycles. The van der Waals surface area contributed by atoms with Gasteiger partial charge in [0.25, 0.3) is 0 Å². The fourth-order valence-corrected chi connectivity index (χ4v) is 1.21. The van der Waals surface area contributed by atoms with Gasteiger partial charge in [-0.25, -0.2) is 0 Å². The fourth-order valence-electron chi connectivity index (χ4n) is 0.747. The van der Waals surface area contributed by atoms with Gasteiger partial charge in [-0.1, -0.05) is 0 Å². The second-order valence-electron chi connectivity index (χ2n) is 2.76. The molecule has 0 atom stereocenters. The van der Waals surface area contributed by atoms with Crippen molar-refractivity contribution in [1.82, 2.24) is 0 Å². The van der Waals surface area contributed by atoms with E-state index in [-0.39, 0.29) is 3.84 Å². The third kappa shape index (κ3) is 10.4. The second-order valence-corrected chi connectivity index (χ2v) is 5.92. The van der Waals surface area contributed by atoms with Crippen LogP contribution in [0.25, 0.3) is 6.08 Å². The van der Waals surface area contributed by atoms with Crippen molar-refractivity contribution in [3.8, 4) is 0 Å². The van der Waals surface area contributed by atoms with Gasteiger partial charge in [0, 0.05) is 0 Å². The molecule has 3 N–H and O–H groups in total. The third-order valence-corrected chi connectivity index (χ3v) is 2.85. The number of rotatable bonds is 2. The molecule has 0 saturated heterocycles. The summed E-state index contributed by atoms with van der Waals surface area (Å²) in [7, 11) is -8.85. The van der Waals surface area contributed by atoms with E-state index in [1.807, 2.05) is 6.07 Å². The number of hydrogen-bond acceptors (Lipinski definition) is 4. The first-order valence-corrected chi connectivity index (χ1v) is 7.43. The number of hydrogen-bond donors (Lipinski definition) is 3. The van der Waals surface area contributed by atoms with Crippen LogP contribution in [-0.2, 0) is 36.3 Å². The van der Waals surface area contributed by atoms with Gasteiger partial charge in [-0.15, -0.1) is 0 Å². The van der Waals surface area contributed by atoms with Crippen molar-refractivity contribution in [3.05, 3.63) is 39.7 Å². The van der Waals surface area contributed by atoms with Gasteiger partial charge in [-0.2, -0.15) is 8.42 Å². The molecule has 0 saturated carbocycles.